The zero-order valence-corrected chi connectivity index (χ0v) is 7.83. The smallest absolute Gasteiger partial charge is 0.182 e. The Morgan fingerprint density at radius 3 is 2.46 bits per heavy atom. The fraction of sp³-hybridized carbons (Fsp3) is 0.273. The summed E-state index contributed by atoms with van der Waals surface area (Å²) in [7, 11) is 0. The van der Waals surface area contributed by atoms with Crippen LogP contribution in [0.3, 0.4) is 0 Å². The summed E-state index contributed by atoms with van der Waals surface area (Å²) in [6, 6.07) is 0. The van der Waals surface area contributed by atoms with E-state index >= 15 is 0 Å². The molecule has 13 heavy (non-hydrogen) atoms. The quantitative estimate of drug-likeness (QED) is 0.475. The van der Waals surface area contributed by atoms with Gasteiger partial charge in [0.1, 0.15) is 0 Å². The highest BCUT2D eigenvalue weighted by molar-refractivity contribution is 6.19. The first-order chi connectivity index (χ1) is 6.06. The van der Waals surface area contributed by atoms with Crippen LogP contribution in [0, 0.1) is 5.92 Å². The average molecular weight is 176 g/mol. The molecular weight excluding hydrogens is 164 g/mol. The highest BCUT2D eigenvalue weighted by Crippen LogP contribution is 2.19. The van der Waals surface area contributed by atoms with E-state index in [1.807, 2.05) is 6.92 Å². The number of carbonyl (C=O) groups excluding carboxylic acids is 2. The zero-order chi connectivity index (χ0) is 10.0. The first kappa shape index (κ1) is 9.65. The van der Waals surface area contributed by atoms with Crippen LogP contribution in [0.2, 0.25) is 0 Å². The van der Waals surface area contributed by atoms with Crippen molar-refractivity contribution < 1.29 is 9.59 Å². The lowest BCUT2D eigenvalue weighted by Gasteiger charge is -2.12. The molecule has 0 N–H and O–H groups in total. The predicted octanol–water partition coefficient (Wildman–Crippen LogP) is 1.83. The van der Waals surface area contributed by atoms with Crippen LogP contribution in [0.1, 0.15) is 13.8 Å². The molecule has 0 aromatic heterocycles. The van der Waals surface area contributed by atoms with Crippen molar-refractivity contribution in [2.45, 2.75) is 13.8 Å². The van der Waals surface area contributed by atoms with Crippen LogP contribution in [0.4, 0.5) is 0 Å². The van der Waals surface area contributed by atoms with E-state index in [1.165, 1.54) is 12.2 Å². The molecule has 0 bridgehead atoms. The van der Waals surface area contributed by atoms with Gasteiger partial charge in [-0.15, -0.1) is 6.58 Å². The van der Waals surface area contributed by atoms with Gasteiger partial charge in [-0.2, -0.15) is 0 Å². The number of hydrogen-bond donors (Lipinski definition) is 0. The zero-order valence-electron chi connectivity index (χ0n) is 7.83. The average Bonchev–Trinajstić information content (AvgIpc) is 2.10. The van der Waals surface area contributed by atoms with Crippen LogP contribution in [0.25, 0.3) is 0 Å². The molecule has 0 heterocycles. The Balaban J connectivity index is 3.02. The topological polar surface area (TPSA) is 34.1 Å². The normalized spacial score (nSPS) is 19.2. The number of carbonyl (C=O) groups is 2. The van der Waals surface area contributed by atoms with Gasteiger partial charge in [0, 0.05) is 17.1 Å². The lowest BCUT2D eigenvalue weighted by Crippen LogP contribution is -2.15. The monoisotopic (exact) mass is 176 g/mol. The molecule has 0 aliphatic heterocycles. The van der Waals surface area contributed by atoms with Crippen molar-refractivity contribution in [1.82, 2.24) is 0 Å². The predicted molar refractivity (Wildman–Crippen MR) is 51.2 cm³/mol. The summed E-state index contributed by atoms with van der Waals surface area (Å²) in [4.78, 5) is 22.6. The fourth-order valence-corrected chi connectivity index (χ4v) is 1.16. The SMILES string of the molecule is C=CC(C)C1=CC(=O)C(C)=CC1=O. The molecule has 0 amide bonds. The number of ketones is 2. The maximum atomic E-state index is 11.4. The largest absolute Gasteiger partial charge is 0.290 e. The lowest BCUT2D eigenvalue weighted by molar-refractivity contribution is -0.115. The molecule has 2 heteroatoms. The van der Waals surface area contributed by atoms with Crippen LogP contribution >= 0.6 is 0 Å². The van der Waals surface area contributed by atoms with Crippen molar-refractivity contribution in [3.63, 3.8) is 0 Å². The van der Waals surface area contributed by atoms with Crippen molar-refractivity contribution in [3.8, 4) is 0 Å². The summed E-state index contributed by atoms with van der Waals surface area (Å²) >= 11 is 0. The number of allylic oxidation sites excluding steroid dienone is 5. The molecule has 1 aliphatic carbocycles. The fourth-order valence-electron chi connectivity index (χ4n) is 1.16. The van der Waals surface area contributed by atoms with Gasteiger partial charge in [0.05, 0.1) is 0 Å². The van der Waals surface area contributed by atoms with Crippen LogP contribution in [0.5, 0.6) is 0 Å². The third kappa shape index (κ3) is 1.83. The minimum Gasteiger partial charge on any atom is -0.290 e. The van der Waals surface area contributed by atoms with Gasteiger partial charge in [-0.25, -0.2) is 0 Å². The second-order valence-electron chi connectivity index (χ2n) is 3.18. The molecule has 0 aromatic rings. The standard InChI is InChI=1S/C11H12O2/c1-4-7(2)9-6-10(12)8(3)5-11(9)13/h4-7H,1H2,2-3H3. The van der Waals surface area contributed by atoms with Crippen molar-refractivity contribution in [2.24, 2.45) is 5.92 Å². The van der Waals surface area contributed by atoms with Crippen molar-refractivity contribution in [2.75, 3.05) is 0 Å². The minimum absolute atomic E-state index is 0.0548. The van der Waals surface area contributed by atoms with Crippen LogP contribution in [-0.4, -0.2) is 11.6 Å². The molecule has 2 nitrogen and oxygen atoms in total. The lowest BCUT2D eigenvalue weighted by atomic mass is 9.90. The molecule has 0 fully saturated rings. The second-order valence-corrected chi connectivity index (χ2v) is 3.18. The highest BCUT2D eigenvalue weighted by Gasteiger charge is 2.19. The van der Waals surface area contributed by atoms with Crippen molar-refractivity contribution >= 4 is 11.6 Å². The summed E-state index contributed by atoms with van der Waals surface area (Å²) in [5.74, 6) is -0.214. The van der Waals surface area contributed by atoms with E-state index in [4.69, 9.17) is 0 Å². The summed E-state index contributed by atoms with van der Waals surface area (Å²) in [5, 5.41) is 0. The van der Waals surface area contributed by atoms with Crippen LogP contribution in [0.15, 0.2) is 36.0 Å². The molecule has 0 aromatic carbocycles. The minimum atomic E-state index is -0.0803. The highest BCUT2D eigenvalue weighted by atomic mass is 16.1. The van der Waals surface area contributed by atoms with Gasteiger partial charge in [0.25, 0.3) is 0 Å². The molecule has 0 radical (unpaired) electrons. The van der Waals surface area contributed by atoms with E-state index in [0.717, 1.165) is 0 Å². The molecule has 1 atom stereocenters. The molecular formula is C11H12O2. The van der Waals surface area contributed by atoms with E-state index in [2.05, 4.69) is 6.58 Å². The van der Waals surface area contributed by atoms with Gasteiger partial charge in [0.15, 0.2) is 11.6 Å². The Kier molecular flexibility index (Phi) is 2.61. The summed E-state index contributed by atoms with van der Waals surface area (Å²) in [6.07, 6.45) is 4.45. The maximum Gasteiger partial charge on any atom is 0.182 e. The van der Waals surface area contributed by atoms with E-state index < -0.39 is 0 Å². The number of hydrogen-bond acceptors (Lipinski definition) is 2. The van der Waals surface area contributed by atoms with E-state index in [1.54, 1.807) is 13.0 Å². The molecule has 0 saturated carbocycles. The third-order valence-corrected chi connectivity index (χ3v) is 2.15. The van der Waals surface area contributed by atoms with E-state index in [-0.39, 0.29) is 17.5 Å². The van der Waals surface area contributed by atoms with Gasteiger partial charge in [-0.05, 0) is 19.1 Å². The Bertz CT molecular complexity index is 332. The molecule has 1 unspecified atom stereocenters. The van der Waals surface area contributed by atoms with E-state index in [0.29, 0.717) is 11.1 Å². The summed E-state index contributed by atoms with van der Waals surface area (Å²) in [5.41, 5.74) is 1.04. The molecule has 1 rings (SSSR count). The summed E-state index contributed by atoms with van der Waals surface area (Å²) in [6.45, 7) is 7.08. The van der Waals surface area contributed by atoms with Gasteiger partial charge >= 0.3 is 0 Å². The maximum absolute atomic E-state index is 11.4. The summed E-state index contributed by atoms with van der Waals surface area (Å²) < 4.78 is 0. The first-order valence-electron chi connectivity index (χ1n) is 4.17. The molecule has 0 spiro atoms. The van der Waals surface area contributed by atoms with Crippen molar-refractivity contribution in [1.29, 1.82) is 0 Å². The van der Waals surface area contributed by atoms with Crippen molar-refractivity contribution in [3.05, 3.63) is 36.0 Å². The Morgan fingerprint density at radius 2 is 1.92 bits per heavy atom. The van der Waals surface area contributed by atoms with Gasteiger partial charge in [-0.3, -0.25) is 9.59 Å². The second kappa shape index (κ2) is 3.52. The van der Waals surface area contributed by atoms with Crippen LogP contribution in [-0.2, 0) is 9.59 Å². The van der Waals surface area contributed by atoms with Gasteiger partial charge < -0.3 is 0 Å². The Morgan fingerprint density at radius 1 is 1.31 bits per heavy atom. The van der Waals surface area contributed by atoms with Crippen LogP contribution < -0.4 is 0 Å². The Labute approximate surface area is 77.6 Å². The van der Waals surface area contributed by atoms with Gasteiger partial charge in [-0.1, -0.05) is 13.0 Å². The Hall–Kier alpha value is -1.44. The van der Waals surface area contributed by atoms with Gasteiger partial charge in [0.2, 0.25) is 0 Å². The number of rotatable bonds is 2. The van der Waals surface area contributed by atoms with E-state index in [9.17, 15) is 9.59 Å². The molecule has 0 saturated heterocycles. The first-order valence-corrected chi connectivity index (χ1v) is 4.17. The third-order valence-electron chi connectivity index (χ3n) is 2.15. The molecule has 68 valence electrons. The molecule has 1 aliphatic rings.